The summed E-state index contributed by atoms with van der Waals surface area (Å²) in [5.41, 5.74) is 0. The number of hydrogen-bond donors (Lipinski definition) is 0. The van der Waals surface area contributed by atoms with Crippen molar-refractivity contribution in [3.63, 3.8) is 0 Å². The van der Waals surface area contributed by atoms with E-state index >= 15 is 0 Å². The van der Waals surface area contributed by atoms with Crippen LogP contribution in [0.5, 0.6) is 0 Å². The molecular formula is C54H104O6. The Bertz CT molecular complexity index is 916. The van der Waals surface area contributed by atoms with Gasteiger partial charge in [0.05, 0.1) is 0 Å². The third-order valence-corrected chi connectivity index (χ3v) is 12.2. The number of rotatable bonds is 48. The molecule has 0 aliphatic heterocycles. The fraction of sp³-hybridized carbons (Fsp3) is 0.944. The van der Waals surface area contributed by atoms with Gasteiger partial charge in [0.1, 0.15) is 13.2 Å². The Balaban J connectivity index is 4.31. The molecule has 0 heterocycles. The minimum absolute atomic E-state index is 0.0634. The van der Waals surface area contributed by atoms with E-state index in [2.05, 4.69) is 34.6 Å². The van der Waals surface area contributed by atoms with Gasteiger partial charge in [-0.2, -0.15) is 0 Å². The van der Waals surface area contributed by atoms with E-state index in [4.69, 9.17) is 14.2 Å². The fourth-order valence-corrected chi connectivity index (χ4v) is 8.17. The van der Waals surface area contributed by atoms with Crippen molar-refractivity contribution in [2.75, 3.05) is 13.2 Å². The smallest absolute Gasteiger partial charge is 0.306 e. The molecule has 0 saturated carbocycles. The first-order chi connectivity index (χ1) is 29.2. The Morgan fingerprint density at radius 3 is 0.817 bits per heavy atom. The highest BCUT2D eigenvalue weighted by Gasteiger charge is 2.19. The fourth-order valence-electron chi connectivity index (χ4n) is 8.17. The van der Waals surface area contributed by atoms with E-state index in [9.17, 15) is 14.4 Å². The number of carbonyl (C=O) groups excluding carboxylic acids is 3. The monoisotopic (exact) mass is 849 g/mol. The van der Waals surface area contributed by atoms with Crippen LogP contribution in [0.2, 0.25) is 0 Å². The van der Waals surface area contributed by atoms with Crippen molar-refractivity contribution in [1.29, 1.82) is 0 Å². The second-order valence-corrected chi connectivity index (χ2v) is 19.5. The average molecular weight is 849 g/mol. The summed E-state index contributed by atoms with van der Waals surface area (Å²) in [5.74, 6) is 0.797. The molecule has 0 aliphatic carbocycles. The van der Waals surface area contributed by atoms with Gasteiger partial charge in [-0.1, -0.05) is 259 Å². The summed E-state index contributed by atoms with van der Waals surface area (Å²) in [6, 6.07) is 0. The van der Waals surface area contributed by atoms with E-state index in [1.807, 2.05) is 0 Å². The van der Waals surface area contributed by atoms with Gasteiger partial charge in [-0.05, 0) is 31.1 Å². The standard InChI is InChI=1S/C54H104O6/c1-6-7-8-9-10-11-12-13-14-15-18-24-29-34-39-44-52(55)58-47-51(48-59-53(56)45-40-35-30-25-21-20-23-28-33-38-43-50(4)5)60-54(57)46-41-36-31-26-19-16-17-22-27-32-37-42-49(2)3/h49-51H,6-48H2,1-5H3/t51-/m1/s1. The Morgan fingerprint density at radius 2 is 0.550 bits per heavy atom. The molecule has 60 heavy (non-hydrogen) atoms. The van der Waals surface area contributed by atoms with E-state index in [1.165, 1.54) is 186 Å². The normalized spacial score (nSPS) is 12.1. The summed E-state index contributed by atoms with van der Waals surface area (Å²) in [5, 5.41) is 0. The van der Waals surface area contributed by atoms with Crippen LogP contribution in [-0.2, 0) is 28.6 Å². The Kier molecular flexibility index (Phi) is 45.7. The highest BCUT2D eigenvalue weighted by Crippen LogP contribution is 2.17. The summed E-state index contributed by atoms with van der Waals surface area (Å²) < 4.78 is 16.8. The van der Waals surface area contributed by atoms with Crippen LogP contribution in [0.4, 0.5) is 0 Å². The van der Waals surface area contributed by atoms with Crippen LogP contribution in [0.25, 0.3) is 0 Å². The highest BCUT2D eigenvalue weighted by atomic mass is 16.6. The average Bonchev–Trinajstić information content (AvgIpc) is 3.22. The molecule has 0 rings (SSSR count). The van der Waals surface area contributed by atoms with Crippen LogP contribution < -0.4 is 0 Å². The van der Waals surface area contributed by atoms with Gasteiger partial charge in [0.2, 0.25) is 0 Å². The predicted octanol–water partition coefficient (Wildman–Crippen LogP) is 17.3. The molecule has 0 amide bonds. The minimum Gasteiger partial charge on any atom is -0.462 e. The summed E-state index contributed by atoms with van der Waals surface area (Å²) in [6.45, 7) is 11.4. The van der Waals surface area contributed by atoms with E-state index in [0.717, 1.165) is 69.6 Å². The molecule has 0 N–H and O–H groups in total. The van der Waals surface area contributed by atoms with Crippen LogP contribution in [-0.4, -0.2) is 37.2 Å². The number of ether oxygens (including phenoxy) is 3. The number of carbonyl (C=O) groups is 3. The van der Waals surface area contributed by atoms with Gasteiger partial charge in [0, 0.05) is 19.3 Å². The van der Waals surface area contributed by atoms with Gasteiger partial charge < -0.3 is 14.2 Å². The number of unbranched alkanes of at least 4 members (excludes halogenated alkanes) is 33. The van der Waals surface area contributed by atoms with Crippen LogP contribution >= 0.6 is 0 Å². The zero-order valence-electron chi connectivity index (χ0n) is 41.1. The van der Waals surface area contributed by atoms with E-state index in [1.54, 1.807) is 0 Å². The van der Waals surface area contributed by atoms with E-state index in [-0.39, 0.29) is 31.1 Å². The molecule has 356 valence electrons. The molecule has 0 unspecified atom stereocenters. The lowest BCUT2D eigenvalue weighted by Crippen LogP contribution is -2.30. The highest BCUT2D eigenvalue weighted by molar-refractivity contribution is 5.71. The van der Waals surface area contributed by atoms with Gasteiger partial charge in [0.15, 0.2) is 6.10 Å². The molecule has 0 aromatic rings. The molecule has 0 aromatic carbocycles. The second kappa shape index (κ2) is 46.9. The molecule has 1 atom stereocenters. The van der Waals surface area contributed by atoms with Crippen molar-refractivity contribution < 1.29 is 28.6 Å². The van der Waals surface area contributed by atoms with Crippen LogP contribution in [0, 0.1) is 11.8 Å². The molecule has 0 aromatic heterocycles. The summed E-state index contributed by atoms with van der Waals surface area (Å²) >= 11 is 0. The number of hydrogen-bond acceptors (Lipinski definition) is 6. The van der Waals surface area contributed by atoms with Gasteiger partial charge in [-0.3, -0.25) is 14.4 Å². The zero-order valence-corrected chi connectivity index (χ0v) is 41.1. The SMILES string of the molecule is CCCCCCCCCCCCCCCCCC(=O)OC[C@H](COC(=O)CCCCCCCCCCCCC(C)C)OC(=O)CCCCCCCCCCCCCC(C)C. The first-order valence-electron chi connectivity index (χ1n) is 26.7. The Hall–Kier alpha value is -1.59. The largest absolute Gasteiger partial charge is 0.462 e. The molecule has 0 aliphatic rings. The summed E-state index contributed by atoms with van der Waals surface area (Å²) in [7, 11) is 0. The van der Waals surface area contributed by atoms with E-state index < -0.39 is 6.10 Å². The van der Waals surface area contributed by atoms with E-state index in [0.29, 0.717) is 19.3 Å². The molecule has 0 fully saturated rings. The Labute approximate surface area is 374 Å². The van der Waals surface area contributed by atoms with Crippen molar-refractivity contribution in [2.45, 2.75) is 304 Å². The maximum Gasteiger partial charge on any atom is 0.306 e. The van der Waals surface area contributed by atoms with Crippen molar-refractivity contribution in [3.05, 3.63) is 0 Å². The molecule has 0 spiro atoms. The first kappa shape index (κ1) is 58.4. The maximum atomic E-state index is 12.8. The van der Waals surface area contributed by atoms with Crippen molar-refractivity contribution >= 4 is 17.9 Å². The molecule has 0 bridgehead atoms. The topological polar surface area (TPSA) is 78.9 Å². The Morgan fingerprint density at radius 1 is 0.317 bits per heavy atom. The molecule has 6 heteroatoms. The lowest BCUT2D eigenvalue weighted by atomic mass is 10.0. The zero-order chi connectivity index (χ0) is 44.0. The molecule has 0 saturated heterocycles. The van der Waals surface area contributed by atoms with Crippen LogP contribution in [0.3, 0.4) is 0 Å². The molecular weight excluding hydrogens is 745 g/mol. The van der Waals surface area contributed by atoms with Crippen molar-refractivity contribution in [3.8, 4) is 0 Å². The second-order valence-electron chi connectivity index (χ2n) is 19.5. The van der Waals surface area contributed by atoms with Gasteiger partial charge in [-0.15, -0.1) is 0 Å². The van der Waals surface area contributed by atoms with Crippen molar-refractivity contribution in [1.82, 2.24) is 0 Å². The van der Waals surface area contributed by atoms with Gasteiger partial charge in [0.25, 0.3) is 0 Å². The van der Waals surface area contributed by atoms with Gasteiger partial charge >= 0.3 is 17.9 Å². The first-order valence-corrected chi connectivity index (χ1v) is 26.7. The lowest BCUT2D eigenvalue weighted by Gasteiger charge is -2.18. The quantitative estimate of drug-likeness (QED) is 0.0345. The van der Waals surface area contributed by atoms with Crippen molar-refractivity contribution in [2.24, 2.45) is 11.8 Å². The third-order valence-electron chi connectivity index (χ3n) is 12.2. The molecule has 0 radical (unpaired) electrons. The van der Waals surface area contributed by atoms with Gasteiger partial charge in [-0.25, -0.2) is 0 Å². The predicted molar refractivity (Wildman–Crippen MR) is 256 cm³/mol. The lowest BCUT2D eigenvalue weighted by molar-refractivity contribution is -0.167. The number of esters is 3. The maximum absolute atomic E-state index is 12.8. The van der Waals surface area contributed by atoms with Crippen LogP contribution in [0.15, 0.2) is 0 Å². The summed E-state index contributed by atoms with van der Waals surface area (Å²) in [4.78, 5) is 38.0. The van der Waals surface area contributed by atoms with Crippen LogP contribution in [0.1, 0.15) is 298 Å². The third kappa shape index (κ3) is 47.5. The minimum atomic E-state index is -0.762. The molecule has 6 nitrogen and oxygen atoms in total. The summed E-state index contributed by atoms with van der Waals surface area (Å²) in [6.07, 6.45) is 48.0.